The molecule has 1 fully saturated rings. The molecule has 5 rings (SSSR count). The Kier molecular flexibility index (Phi) is 3.03. The standard InChI is InChI=1S/C20H17NOS/c1-3-7-17-14(5-1)11-19(16-9-10-23-13-16)21-18-8-4-2-6-15(18)12-22-20(17)21/h1-11,13,15,18,20H,12H2. The maximum atomic E-state index is 6.31. The van der Waals surface area contributed by atoms with Gasteiger partial charge in [0.25, 0.3) is 0 Å². The van der Waals surface area contributed by atoms with Crippen LogP contribution in [0.15, 0.2) is 65.4 Å². The summed E-state index contributed by atoms with van der Waals surface area (Å²) in [6.45, 7) is 0.776. The van der Waals surface area contributed by atoms with Gasteiger partial charge in [-0.25, -0.2) is 0 Å². The van der Waals surface area contributed by atoms with Crippen LogP contribution in [0.2, 0.25) is 0 Å². The van der Waals surface area contributed by atoms with Gasteiger partial charge < -0.3 is 9.64 Å². The maximum Gasteiger partial charge on any atom is 0.157 e. The summed E-state index contributed by atoms with van der Waals surface area (Å²) in [5, 5.41) is 4.37. The summed E-state index contributed by atoms with van der Waals surface area (Å²) >= 11 is 1.74. The molecule has 1 saturated heterocycles. The molecule has 2 aromatic rings. The molecule has 0 saturated carbocycles. The zero-order valence-corrected chi connectivity index (χ0v) is 13.4. The lowest BCUT2D eigenvalue weighted by Crippen LogP contribution is -2.49. The van der Waals surface area contributed by atoms with Crippen molar-refractivity contribution in [1.82, 2.24) is 4.90 Å². The van der Waals surface area contributed by atoms with E-state index in [0.29, 0.717) is 12.0 Å². The normalized spacial score (nSPS) is 27.9. The first-order valence-electron chi connectivity index (χ1n) is 8.00. The summed E-state index contributed by atoms with van der Waals surface area (Å²) in [5.41, 5.74) is 5.09. The molecule has 1 aromatic carbocycles. The van der Waals surface area contributed by atoms with Gasteiger partial charge in [-0.2, -0.15) is 11.3 Å². The largest absolute Gasteiger partial charge is 0.353 e. The fourth-order valence-electron chi connectivity index (χ4n) is 3.79. The molecule has 3 aliphatic rings. The minimum atomic E-state index is 0.00324. The van der Waals surface area contributed by atoms with Gasteiger partial charge >= 0.3 is 0 Å². The summed E-state index contributed by atoms with van der Waals surface area (Å²) in [6, 6.07) is 11.1. The van der Waals surface area contributed by atoms with Crippen LogP contribution in [0.25, 0.3) is 11.8 Å². The monoisotopic (exact) mass is 319 g/mol. The van der Waals surface area contributed by atoms with Crippen molar-refractivity contribution in [3.05, 3.63) is 82.1 Å². The smallest absolute Gasteiger partial charge is 0.157 e. The van der Waals surface area contributed by atoms with Gasteiger partial charge in [0.05, 0.1) is 12.6 Å². The minimum Gasteiger partial charge on any atom is -0.353 e. The van der Waals surface area contributed by atoms with Crippen LogP contribution in [-0.2, 0) is 4.74 Å². The molecule has 0 N–H and O–H groups in total. The first-order chi connectivity index (χ1) is 11.4. The van der Waals surface area contributed by atoms with Gasteiger partial charge in [0.15, 0.2) is 6.23 Å². The van der Waals surface area contributed by atoms with E-state index in [1.165, 1.54) is 22.4 Å². The highest BCUT2D eigenvalue weighted by Gasteiger charge is 2.41. The Bertz CT molecular complexity index is 818. The lowest BCUT2D eigenvalue weighted by atomic mass is 9.87. The molecule has 3 unspecified atom stereocenters. The molecule has 0 bridgehead atoms. The van der Waals surface area contributed by atoms with Gasteiger partial charge in [-0.3, -0.25) is 0 Å². The third kappa shape index (κ3) is 2.04. The molecular weight excluding hydrogens is 302 g/mol. The predicted molar refractivity (Wildman–Crippen MR) is 94.7 cm³/mol. The first-order valence-corrected chi connectivity index (χ1v) is 8.94. The third-order valence-electron chi connectivity index (χ3n) is 4.89. The van der Waals surface area contributed by atoms with Crippen molar-refractivity contribution >= 4 is 23.1 Å². The number of hydrogen-bond acceptors (Lipinski definition) is 3. The molecule has 0 amide bonds. The molecule has 1 aromatic heterocycles. The highest BCUT2D eigenvalue weighted by Crippen LogP contribution is 2.45. The maximum absolute atomic E-state index is 6.31. The van der Waals surface area contributed by atoms with Crippen LogP contribution in [0.1, 0.15) is 22.9 Å². The molecule has 0 radical (unpaired) electrons. The zero-order valence-electron chi connectivity index (χ0n) is 12.6. The van der Waals surface area contributed by atoms with E-state index in [2.05, 4.69) is 76.4 Å². The van der Waals surface area contributed by atoms with E-state index in [1.54, 1.807) is 11.3 Å². The van der Waals surface area contributed by atoms with Crippen LogP contribution in [0.5, 0.6) is 0 Å². The van der Waals surface area contributed by atoms with E-state index in [4.69, 9.17) is 4.74 Å². The van der Waals surface area contributed by atoms with E-state index in [9.17, 15) is 0 Å². The summed E-state index contributed by atoms with van der Waals surface area (Å²) < 4.78 is 6.31. The molecule has 114 valence electrons. The number of allylic oxidation sites excluding steroid dienone is 2. The fourth-order valence-corrected chi connectivity index (χ4v) is 4.44. The number of fused-ring (bicyclic) bond motifs is 5. The SMILES string of the molecule is C1=CC2COC3c4ccccc4C=C(c4ccsc4)N3C2C=C1. The van der Waals surface area contributed by atoms with Crippen LogP contribution >= 0.6 is 11.3 Å². The second-order valence-electron chi connectivity index (χ2n) is 6.19. The Hall–Kier alpha value is -2.10. The Morgan fingerprint density at radius 1 is 1.09 bits per heavy atom. The van der Waals surface area contributed by atoms with Crippen molar-refractivity contribution in [2.24, 2.45) is 5.92 Å². The first kappa shape index (κ1) is 13.3. The second kappa shape index (κ2) is 5.22. The topological polar surface area (TPSA) is 12.5 Å². The van der Waals surface area contributed by atoms with Gasteiger partial charge in [0, 0.05) is 28.1 Å². The van der Waals surface area contributed by atoms with E-state index < -0.39 is 0 Å². The van der Waals surface area contributed by atoms with Crippen molar-refractivity contribution in [1.29, 1.82) is 0 Å². The van der Waals surface area contributed by atoms with Crippen LogP contribution in [0, 0.1) is 5.92 Å². The summed E-state index contributed by atoms with van der Waals surface area (Å²) in [7, 11) is 0. The summed E-state index contributed by atoms with van der Waals surface area (Å²) in [6.07, 6.45) is 11.2. The zero-order chi connectivity index (χ0) is 15.2. The molecule has 2 aliphatic heterocycles. The number of benzene rings is 1. The van der Waals surface area contributed by atoms with Gasteiger partial charge in [0.2, 0.25) is 0 Å². The Labute approximate surface area is 140 Å². The molecule has 1 aliphatic carbocycles. The Balaban J connectivity index is 1.70. The predicted octanol–water partition coefficient (Wildman–Crippen LogP) is 4.70. The van der Waals surface area contributed by atoms with Crippen molar-refractivity contribution in [2.45, 2.75) is 12.3 Å². The van der Waals surface area contributed by atoms with E-state index >= 15 is 0 Å². The number of rotatable bonds is 1. The fraction of sp³-hybridized carbons (Fsp3) is 0.200. The molecule has 0 spiro atoms. The Morgan fingerprint density at radius 2 is 2.00 bits per heavy atom. The van der Waals surface area contributed by atoms with E-state index in [-0.39, 0.29) is 6.23 Å². The minimum absolute atomic E-state index is 0.00324. The highest BCUT2D eigenvalue weighted by molar-refractivity contribution is 7.08. The molecular formula is C20H17NOS. The van der Waals surface area contributed by atoms with Gasteiger partial charge in [-0.05, 0) is 23.1 Å². The second-order valence-corrected chi connectivity index (χ2v) is 6.97. The highest BCUT2D eigenvalue weighted by atomic mass is 32.1. The van der Waals surface area contributed by atoms with Gasteiger partial charge in [0.1, 0.15) is 0 Å². The lowest BCUT2D eigenvalue weighted by molar-refractivity contribution is -0.106. The Morgan fingerprint density at radius 3 is 2.91 bits per heavy atom. The third-order valence-corrected chi connectivity index (χ3v) is 5.57. The molecule has 3 atom stereocenters. The van der Waals surface area contributed by atoms with Crippen LogP contribution in [0.3, 0.4) is 0 Å². The van der Waals surface area contributed by atoms with E-state index in [1.807, 2.05) is 0 Å². The summed E-state index contributed by atoms with van der Waals surface area (Å²) in [5.74, 6) is 0.420. The summed E-state index contributed by atoms with van der Waals surface area (Å²) in [4.78, 5) is 2.46. The number of ether oxygens (including phenoxy) is 1. The van der Waals surface area contributed by atoms with Gasteiger partial charge in [-0.1, -0.05) is 48.6 Å². The molecule has 3 heterocycles. The van der Waals surface area contributed by atoms with Crippen LogP contribution in [-0.4, -0.2) is 17.5 Å². The van der Waals surface area contributed by atoms with Crippen molar-refractivity contribution in [2.75, 3.05) is 6.61 Å². The molecule has 23 heavy (non-hydrogen) atoms. The number of thiophene rings is 1. The molecule has 2 nitrogen and oxygen atoms in total. The molecule has 3 heteroatoms. The van der Waals surface area contributed by atoms with Crippen LogP contribution in [0.4, 0.5) is 0 Å². The number of nitrogens with zero attached hydrogens (tertiary/aromatic N) is 1. The lowest BCUT2D eigenvalue weighted by Gasteiger charge is -2.49. The van der Waals surface area contributed by atoms with E-state index in [0.717, 1.165) is 6.61 Å². The van der Waals surface area contributed by atoms with Crippen molar-refractivity contribution < 1.29 is 4.74 Å². The average molecular weight is 319 g/mol. The quantitative estimate of drug-likeness (QED) is 0.755. The van der Waals surface area contributed by atoms with Crippen molar-refractivity contribution in [3.63, 3.8) is 0 Å². The average Bonchev–Trinajstić information content (AvgIpc) is 3.15. The van der Waals surface area contributed by atoms with Crippen molar-refractivity contribution in [3.8, 4) is 0 Å². The van der Waals surface area contributed by atoms with Crippen LogP contribution < -0.4 is 0 Å². The number of hydrogen-bond donors (Lipinski definition) is 0. The van der Waals surface area contributed by atoms with Gasteiger partial charge in [-0.15, -0.1) is 0 Å².